The molecule has 0 unspecified atom stereocenters. The zero-order chi connectivity index (χ0) is 12.0. The second kappa shape index (κ2) is 6.62. The van der Waals surface area contributed by atoms with Crippen LogP contribution in [0.25, 0.3) is 0 Å². The number of thiazole rings is 1. The summed E-state index contributed by atoms with van der Waals surface area (Å²) in [6.45, 7) is 8.56. The highest BCUT2D eigenvalue weighted by molar-refractivity contribution is 8.00. The Morgan fingerprint density at radius 1 is 1.44 bits per heavy atom. The molecule has 4 heteroatoms. The van der Waals surface area contributed by atoms with E-state index < -0.39 is 0 Å². The third-order valence-electron chi connectivity index (χ3n) is 3.11. The molecule has 0 saturated heterocycles. The smallest absolute Gasteiger partial charge is 0.107 e. The van der Waals surface area contributed by atoms with Gasteiger partial charge in [-0.3, -0.25) is 0 Å². The summed E-state index contributed by atoms with van der Waals surface area (Å²) in [5, 5.41) is 6.84. The van der Waals surface area contributed by atoms with E-state index in [0.717, 1.165) is 18.8 Å². The summed E-state index contributed by atoms with van der Waals surface area (Å²) >= 11 is 3.72. The predicted octanol–water partition coefficient (Wildman–Crippen LogP) is 3.46. The van der Waals surface area contributed by atoms with Crippen LogP contribution in [0.15, 0.2) is 5.38 Å². The molecule has 0 aromatic carbocycles. The van der Waals surface area contributed by atoms with Crippen molar-refractivity contribution in [2.75, 3.05) is 12.8 Å². The summed E-state index contributed by atoms with van der Waals surface area (Å²) in [4.78, 5) is 4.46. The van der Waals surface area contributed by atoms with Gasteiger partial charge in [0, 0.05) is 28.9 Å². The molecule has 0 aliphatic carbocycles. The van der Waals surface area contributed by atoms with Gasteiger partial charge in [-0.2, -0.15) is 11.8 Å². The van der Waals surface area contributed by atoms with E-state index in [-0.39, 0.29) is 0 Å². The molecule has 1 aromatic heterocycles. The van der Waals surface area contributed by atoms with Crippen LogP contribution in [-0.2, 0) is 6.54 Å². The Bertz CT molecular complexity index is 297. The lowest BCUT2D eigenvalue weighted by atomic mass is 10.0. The normalized spacial score (nSPS) is 12.0. The summed E-state index contributed by atoms with van der Waals surface area (Å²) in [7, 11) is 0. The lowest BCUT2D eigenvalue weighted by Gasteiger charge is -2.29. The fourth-order valence-electron chi connectivity index (χ4n) is 1.74. The van der Waals surface area contributed by atoms with E-state index in [9.17, 15) is 0 Å². The number of rotatable bonds is 7. The molecular weight excluding hydrogens is 236 g/mol. The standard InChI is InChI=1S/C12H22N2S2/c1-5-12(6-2,15-4)9-13-7-11-14-10(3)8-16-11/h8,13H,5-7,9H2,1-4H3. The summed E-state index contributed by atoms with van der Waals surface area (Å²) in [5.41, 5.74) is 1.13. The second-order valence-corrected chi connectivity index (χ2v) is 6.30. The molecule has 2 nitrogen and oxygen atoms in total. The van der Waals surface area contributed by atoms with Crippen molar-refractivity contribution in [1.29, 1.82) is 0 Å². The van der Waals surface area contributed by atoms with Gasteiger partial charge in [0.15, 0.2) is 0 Å². The van der Waals surface area contributed by atoms with Crippen LogP contribution in [0.5, 0.6) is 0 Å². The second-order valence-electron chi connectivity index (χ2n) is 4.08. The van der Waals surface area contributed by atoms with Gasteiger partial charge in [0.05, 0.1) is 0 Å². The van der Waals surface area contributed by atoms with Gasteiger partial charge in [-0.05, 0) is 26.0 Å². The molecule has 1 heterocycles. The Balaban J connectivity index is 2.39. The summed E-state index contributed by atoms with van der Waals surface area (Å²) < 4.78 is 0.395. The minimum atomic E-state index is 0.395. The quantitative estimate of drug-likeness (QED) is 0.810. The zero-order valence-corrected chi connectivity index (χ0v) is 12.3. The molecule has 0 amide bonds. The summed E-state index contributed by atoms with van der Waals surface area (Å²) in [5.74, 6) is 0. The third-order valence-corrected chi connectivity index (χ3v) is 5.67. The van der Waals surface area contributed by atoms with Crippen molar-refractivity contribution in [2.24, 2.45) is 0 Å². The van der Waals surface area contributed by atoms with Crippen LogP contribution in [0, 0.1) is 6.92 Å². The Morgan fingerprint density at radius 2 is 2.12 bits per heavy atom. The molecule has 1 rings (SSSR count). The van der Waals surface area contributed by atoms with Crippen LogP contribution in [0.3, 0.4) is 0 Å². The van der Waals surface area contributed by atoms with Crippen molar-refractivity contribution in [3.8, 4) is 0 Å². The lowest BCUT2D eigenvalue weighted by molar-refractivity contribution is 0.494. The van der Waals surface area contributed by atoms with Gasteiger partial charge < -0.3 is 5.32 Å². The van der Waals surface area contributed by atoms with Crippen molar-refractivity contribution in [1.82, 2.24) is 10.3 Å². The number of hydrogen-bond acceptors (Lipinski definition) is 4. The number of aromatic nitrogens is 1. The first-order valence-corrected chi connectivity index (χ1v) is 7.93. The van der Waals surface area contributed by atoms with Crippen LogP contribution in [0.2, 0.25) is 0 Å². The molecule has 0 radical (unpaired) electrons. The minimum absolute atomic E-state index is 0.395. The summed E-state index contributed by atoms with van der Waals surface area (Å²) in [6.07, 6.45) is 4.64. The van der Waals surface area contributed by atoms with Crippen molar-refractivity contribution in [2.45, 2.75) is 44.9 Å². The van der Waals surface area contributed by atoms with E-state index in [0.29, 0.717) is 4.75 Å². The van der Waals surface area contributed by atoms with Gasteiger partial charge in [0.2, 0.25) is 0 Å². The minimum Gasteiger partial charge on any atom is -0.309 e. The molecule has 0 fully saturated rings. The fraction of sp³-hybridized carbons (Fsp3) is 0.750. The van der Waals surface area contributed by atoms with Crippen LogP contribution in [0.1, 0.15) is 37.4 Å². The maximum absolute atomic E-state index is 4.46. The van der Waals surface area contributed by atoms with E-state index >= 15 is 0 Å². The molecule has 16 heavy (non-hydrogen) atoms. The van der Waals surface area contributed by atoms with Gasteiger partial charge >= 0.3 is 0 Å². The lowest BCUT2D eigenvalue weighted by Crippen LogP contribution is -2.36. The largest absolute Gasteiger partial charge is 0.309 e. The number of hydrogen-bond donors (Lipinski definition) is 1. The predicted molar refractivity (Wildman–Crippen MR) is 75.4 cm³/mol. The van der Waals surface area contributed by atoms with Crippen molar-refractivity contribution >= 4 is 23.1 Å². The topological polar surface area (TPSA) is 24.9 Å². The van der Waals surface area contributed by atoms with Gasteiger partial charge in [0.1, 0.15) is 5.01 Å². The highest BCUT2D eigenvalue weighted by atomic mass is 32.2. The van der Waals surface area contributed by atoms with Gasteiger partial charge in [0.25, 0.3) is 0 Å². The van der Waals surface area contributed by atoms with Gasteiger partial charge in [-0.25, -0.2) is 4.98 Å². The number of nitrogens with zero attached hydrogens (tertiary/aromatic N) is 1. The molecule has 0 atom stereocenters. The first kappa shape index (κ1) is 14.0. The van der Waals surface area contributed by atoms with E-state index in [1.165, 1.54) is 17.8 Å². The molecule has 0 bridgehead atoms. The van der Waals surface area contributed by atoms with Crippen LogP contribution >= 0.6 is 23.1 Å². The van der Waals surface area contributed by atoms with Crippen molar-refractivity contribution < 1.29 is 0 Å². The Morgan fingerprint density at radius 3 is 2.56 bits per heavy atom. The number of thioether (sulfide) groups is 1. The van der Waals surface area contributed by atoms with E-state index in [1.54, 1.807) is 11.3 Å². The maximum Gasteiger partial charge on any atom is 0.107 e. The van der Waals surface area contributed by atoms with Crippen LogP contribution in [0.4, 0.5) is 0 Å². The number of aryl methyl sites for hydroxylation is 1. The molecule has 92 valence electrons. The molecule has 1 N–H and O–H groups in total. The van der Waals surface area contributed by atoms with Gasteiger partial charge in [-0.15, -0.1) is 11.3 Å². The average molecular weight is 258 g/mol. The first-order chi connectivity index (χ1) is 7.65. The maximum atomic E-state index is 4.46. The highest BCUT2D eigenvalue weighted by Gasteiger charge is 2.24. The van der Waals surface area contributed by atoms with E-state index in [1.807, 2.05) is 18.7 Å². The van der Waals surface area contributed by atoms with Crippen LogP contribution < -0.4 is 5.32 Å². The van der Waals surface area contributed by atoms with Gasteiger partial charge in [-0.1, -0.05) is 13.8 Å². The monoisotopic (exact) mass is 258 g/mol. The molecule has 1 aromatic rings. The molecule has 0 aliphatic heterocycles. The van der Waals surface area contributed by atoms with Crippen molar-refractivity contribution in [3.63, 3.8) is 0 Å². The van der Waals surface area contributed by atoms with Crippen molar-refractivity contribution in [3.05, 3.63) is 16.1 Å². The zero-order valence-electron chi connectivity index (χ0n) is 10.7. The highest BCUT2D eigenvalue weighted by Crippen LogP contribution is 2.29. The fourth-order valence-corrected chi connectivity index (χ4v) is 3.31. The Hall–Kier alpha value is -0.0600. The van der Waals surface area contributed by atoms with Crippen LogP contribution in [-0.4, -0.2) is 22.5 Å². The third kappa shape index (κ3) is 3.75. The van der Waals surface area contributed by atoms with E-state index in [4.69, 9.17) is 0 Å². The molecule has 0 aliphatic rings. The number of nitrogens with one attached hydrogen (secondary N) is 1. The SMILES string of the molecule is CCC(CC)(CNCc1nc(C)cs1)SC. The first-order valence-electron chi connectivity index (χ1n) is 5.82. The van der Waals surface area contributed by atoms with E-state index in [2.05, 4.69) is 35.8 Å². The Labute approximate surface area is 107 Å². The molecule has 0 saturated carbocycles. The molecule has 0 spiro atoms. The summed E-state index contributed by atoms with van der Waals surface area (Å²) in [6, 6.07) is 0. The Kier molecular flexibility index (Phi) is 5.79. The average Bonchev–Trinajstić information content (AvgIpc) is 2.71. The molecular formula is C12H22N2S2.